The Morgan fingerprint density at radius 3 is 2.47 bits per heavy atom. The van der Waals surface area contributed by atoms with Gasteiger partial charge in [-0.1, -0.05) is 19.8 Å². The number of sulfone groups is 1. The number of esters is 1. The van der Waals surface area contributed by atoms with E-state index in [0.29, 0.717) is 5.92 Å². The topological polar surface area (TPSA) is 72.5 Å². The van der Waals surface area contributed by atoms with Gasteiger partial charge in [-0.25, -0.2) is 8.42 Å². The molecule has 112 valence electrons. The van der Waals surface area contributed by atoms with E-state index in [9.17, 15) is 13.2 Å². The van der Waals surface area contributed by atoms with Crippen molar-refractivity contribution in [3.8, 4) is 0 Å². The van der Waals surface area contributed by atoms with E-state index in [1.165, 1.54) is 12.8 Å². The minimum absolute atomic E-state index is 0.0321. The summed E-state index contributed by atoms with van der Waals surface area (Å²) < 4.78 is 28.7. The van der Waals surface area contributed by atoms with Crippen LogP contribution in [0.2, 0.25) is 0 Å². The van der Waals surface area contributed by atoms with E-state index in [4.69, 9.17) is 4.74 Å². The molecule has 5 nitrogen and oxygen atoms in total. The number of ether oxygens (including phenoxy) is 1. The van der Waals surface area contributed by atoms with Gasteiger partial charge in [0, 0.05) is 6.04 Å². The van der Waals surface area contributed by atoms with Crippen molar-refractivity contribution in [2.45, 2.75) is 45.6 Å². The molecule has 0 aromatic carbocycles. The zero-order valence-electron chi connectivity index (χ0n) is 11.9. The van der Waals surface area contributed by atoms with E-state index >= 15 is 0 Å². The monoisotopic (exact) mass is 291 g/mol. The van der Waals surface area contributed by atoms with Crippen LogP contribution in [0.25, 0.3) is 0 Å². The van der Waals surface area contributed by atoms with Crippen molar-refractivity contribution < 1.29 is 17.9 Å². The van der Waals surface area contributed by atoms with Crippen LogP contribution >= 0.6 is 0 Å². The van der Waals surface area contributed by atoms with Crippen molar-refractivity contribution in [1.82, 2.24) is 5.32 Å². The van der Waals surface area contributed by atoms with Gasteiger partial charge in [-0.2, -0.15) is 0 Å². The van der Waals surface area contributed by atoms with Crippen LogP contribution in [0.5, 0.6) is 0 Å². The Morgan fingerprint density at radius 1 is 1.32 bits per heavy atom. The molecule has 6 heteroatoms. The van der Waals surface area contributed by atoms with Crippen LogP contribution in [0, 0.1) is 5.92 Å². The molecule has 1 N–H and O–H groups in total. The smallest absolute Gasteiger partial charge is 0.321 e. The van der Waals surface area contributed by atoms with Crippen LogP contribution in [0.3, 0.4) is 0 Å². The maximum atomic E-state index is 12.0. The molecule has 1 unspecified atom stereocenters. The number of hydrogen-bond donors (Lipinski definition) is 1. The zero-order valence-corrected chi connectivity index (χ0v) is 12.7. The summed E-state index contributed by atoms with van der Waals surface area (Å²) in [6.07, 6.45) is 4.49. The summed E-state index contributed by atoms with van der Waals surface area (Å²) in [4.78, 5) is 11.3. The molecule has 0 spiro atoms. The van der Waals surface area contributed by atoms with Gasteiger partial charge in [-0.05, 0) is 32.2 Å². The minimum atomic E-state index is -3.40. The molecular formula is C13H25NO4S. The quantitative estimate of drug-likeness (QED) is 0.679. The van der Waals surface area contributed by atoms with Gasteiger partial charge >= 0.3 is 5.97 Å². The minimum Gasteiger partial charge on any atom is -0.465 e. The van der Waals surface area contributed by atoms with Crippen LogP contribution < -0.4 is 5.32 Å². The third-order valence-corrected chi connectivity index (χ3v) is 5.05. The summed E-state index contributed by atoms with van der Waals surface area (Å²) in [6, 6.07) is -0.0353. The normalized spacial score (nSPS) is 18.4. The first-order valence-corrected chi connectivity index (χ1v) is 8.90. The summed E-state index contributed by atoms with van der Waals surface area (Å²) in [7, 11) is -3.40. The van der Waals surface area contributed by atoms with Crippen molar-refractivity contribution in [2.24, 2.45) is 5.92 Å². The summed E-state index contributed by atoms with van der Waals surface area (Å²) in [5, 5.41) is 3.25. The van der Waals surface area contributed by atoms with Gasteiger partial charge in [0.2, 0.25) is 0 Å². The van der Waals surface area contributed by atoms with E-state index in [0.717, 1.165) is 19.4 Å². The van der Waals surface area contributed by atoms with E-state index in [1.54, 1.807) is 6.92 Å². The first-order chi connectivity index (χ1) is 8.98. The second kappa shape index (κ2) is 7.85. The van der Waals surface area contributed by atoms with Gasteiger partial charge in [0.15, 0.2) is 9.84 Å². The predicted octanol–water partition coefficient (Wildman–Crippen LogP) is 1.13. The molecule has 0 radical (unpaired) electrons. The second-order valence-electron chi connectivity index (χ2n) is 5.07. The number of nitrogens with one attached hydrogen (secondary N) is 1. The molecule has 1 aliphatic rings. The molecule has 1 fully saturated rings. The molecule has 1 saturated carbocycles. The maximum absolute atomic E-state index is 12.0. The van der Waals surface area contributed by atoms with Crippen LogP contribution in [-0.4, -0.2) is 45.1 Å². The third-order valence-electron chi connectivity index (χ3n) is 3.51. The average Bonchev–Trinajstić information content (AvgIpc) is 2.80. The highest BCUT2D eigenvalue weighted by molar-refractivity contribution is 7.92. The molecule has 1 atom stereocenters. The molecule has 0 amide bonds. The molecule has 0 saturated heterocycles. The standard InChI is InChI=1S/C13H25NO4S/c1-3-14-12(11-7-5-6-8-11)9-19(16,17)10-13(15)18-4-2/h11-12,14H,3-10H2,1-2H3. The fourth-order valence-corrected chi connectivity index (χ4v) is 4.20. The van der Waals surface area contributed by atoms with Crippen LogP contribution in [0.1, 0.15) is 39.5 Å². The van der Waals surface area contributed by atoms with Crippen molar-refractivity contribution in [1.29, 1.82) is 0 Å². The lowest BCUT2D eigenvalue weighted by Gasteiger charge is -2.23. The molecule has 0 bridgehead atoms. The second-order valence-corrected chi connectivity index (χ2v) is 7.18. The molecule has 0 heterocycles. The van der Waals surface area contributed by atoms with Gasteiger partial charge in [0.1, 0.15) is 5.75 Å². The Morgan fingerprint density at radius 2 is 1.95 bits per heavy atom. The van der Waals surface area contributed by atoms with Crippen molar-refractivity contribution >= 4 is 15.8 Å². The van der Waals surface area contributed by atoms with Crippen LogP contribution in [0.15, 0.2) is 0 Å². The first kappa shape index (κ1) is 16.4. The predicted molar refractivity (Wildman–Crippen MR) is 74.7 cm³/mol. The van der Waals surface area contributed by atoms with E-state index in [2.05, 4.69) is 5.32 Å². The van der Waals surface area contributed by atoms with Crippen molar-refractivity contribution in [3.63, 3.8) is 0 Å². The Labute approximate surface area is 116 Å². The zero-order chi connectivity index (χ0) is 14.3. The van der Waals surface area contributed by atoms with Crippen LogP contribution in [0.4, 0.5) is 0 Å². The Balaban J connectivity index is 2.58. The highest BCUT2D eigenvalue weighted by atomic mass is 32.2. The molecule has 0 aromatic rings. The molecule has 1 aliphatic carbocycles. The van der Waals surface area contributed by atoms with Crippen LogP contribution in [-0.2, 0) is 19.4 Å². The van der Waals surface area contributed by atoms with Gasteiger partial charge in [0.05, 0.1) is 12.4 Å². The lowest BCUT2D eigenvalue weighted by molar-refractivity contribution is -0.139. The Kier molecular flexibility index (Phi) is 6.79. The van der Waals surface area contributed by atoms with E-state index in [-0.39, 0.29) is 18.4 Å². The number of carbonyl (C=O) groups excluding carboxylic acids is 1. The Hall–Kier alpha value is -0.620. The summed E-state index contributed by atoms with van der Waals surface area (Å²) in [5.41, 5.74) is 0. The largest absolute Gasteiger partial charge is 0.465 e. The summed E-state index contributed by atoms with van der Waals surface area (Å²) in [5.74, 6) is -0.708. The number of rotatable bonds is 8. The van der Waals surface area contributed by atoms with Crippen molar-refractivity contribution in [2.75, 3.05) is 24.7 Å². The van der Waals surface area contributed by atoms with Gasteiger partial charge in [0.25, 0.3) is 0 Å². The molecular weight excluding hydrogens is 266 g/mol. The number of hydrogen-bond acceptors (Lipinski definition) is 5. The highest BCUT2D eigenvalue weighted by Gasteiger charge is 2.30. The lowest BCUT2D eigenvalue weighted by atomic mass is 10.00. The third kappa shape index (κ3) is 5.91. The van der Waals surface area contributed by atoms with Crippen molar-refractivity contribution in [3.05, 3.63) is 0 Å². The molecule has 19 heavy (non-hydrogen) atoms. The highest BCUT2D eigenvalue weighted by Crippen LogP contribution is 2.28. The van der Waals surface area contributed by atoms with Gasteiger partial charge in [-0.3, -0.25) is 4.79 Å². The fourth-order valence-electron chi connectivity index (χ4n) is 2.70. The average molecular weight is 291 g/mol. The summed E-state index contributed by atoms with van der Waals surface area (Å²) in [6.45, 7) is 4.61. The first-order valence-electron chi connectivity index (χ1n) is 7.08. The Bertz CT molecular complexity index is 374. The van der Waals surface area contributed by atoms with E-state index in [1.807, 2.05) is 6.92 Å². The van der Waals surface area contributed by atoms with Gasteiger partial charge < -0.3 is 10.1 Å². The molecule has 0 aliphatic heterocycles. The van der Waals surface area contributed by atoms with E-state index < -0.39 is 21.6 Å². The number of carbonyl (C=O) groups is 1. The maximum Gasteiger partial charge on any atom is 0.321 e. The summed E-state index contributed by atoms with van der Waals surface area (Å²) >= 11 is 0. The van der Waals surface area contributed by atoms with Gasteiger partial charge in [-0.15, -0.1) is 0 Å². The lowest BCUT2D eigenvalue weighted by Crippen LogP contribution is -2.42. The molecule has 0 aromatic heterocycles. The molecule has 1 rings (SSSR count). The SMILES string of the molecule is CCNC(CS(=O)(=O)CC(=O)OCC)C1CCCC1. The fraction of sp³-hybridized carbons (Fsp3) is 0.923.